The van der Waals surface area contributed by atoms with Crippen LogP contribution in [0.4, 0.5) is 63.1 Å². The normalized spacial score (nSPS) is 11.6. The maximum atomic E-state index is 5.14. The van der Waals surface area contributed by atoms with Gasteiger partial charge in [0, 0.05) is 67.9 Å². The zero-order chi connectivity index (χ0) is 46.6. The van der Waals surface area contributed by atoms with E-state index >= 15 is 0 Å². The van der Waals surface area contributed by atoms with E-state index in [4.69, 9.17) is 24.9 Å². The van der Waals surface area contributed by atoms with E-state index in [2.05, 4.69) is 238 Å². The minimum Gasteiger partial charge on any atom is -0.311 e. The Morgan fingerprint density at radius 2 is 0.571 bits per heavy atom. The summed E-state index contributed by atoms with van der Waals surface area (Å²) < 4.78 is 1.78. The lowest BCUT2D eigenvalue weighted by atomic mass is 10.1. The van der Waals surface area contributed by atoms with Crippen LogP contribution >= 0.6 is 0 Å². The van der Waals surface area contributed by atoms with Crippen LogP contribution in [-0.2, 0) is 0 Å². The van der Waals surface area contributed by atoms with E-state index < -0.39 is 0 Å². The number of anilines is 10. The van der Waals surface area contributed by atoms with Crippen molar-refractivity contribution in [2.45, 2.75) is 0 Å². The van der Waals surface area contributed by atoms with Gasteiger partial charge in [-0.3, -0.25) is 5.32 Å². The topological polar surface area (TPSA) is 89.8 Å². The van der Waals surface area contributed by atoms with Crippen molar-refractivity contribution in [3.8, 4) is 22.8 Å². The maximum absolute atomic E-state index is 5.14. The predicted octanol–water partition coefficient (Wildman–Crippen LogP) is 14.3. The van der Waals surface area contributed by atoms with Gasteiger partial charge < -0.3 is 14.7 Å². The highest BCUT2D eigenvalue weighted by Crippen LogP contribution is 2.38. The zero-order valence-corrected chi connectivity index (χ0v) is 37.8. The monoisotopic (exact) mass is 903 g/mol. The molecule has 0 saturated heterocycles. The second-order valence-corrected chi connectivity index (χ2v) is 16.6. The van der Waals surface area contributed by atoms with Gasteiger partial charge in [0.1, 0.15) is 0 Å². The molecule has 0 unspecified atom stereocenters. The Balaban J connectivity index is 0.947. The van der Waals surface area contributed by atoms with Gasteiger partial charge in [0.25, 0.3) is 0 Å². The van der Waals surface area contributed by atoms with E-state index in [0.29, 0.717) is 35.2 Å². The molecule has 0 aliphatic carbocycles. The lowest BCUT2D eigenvalue weighted by Gasteiger charge is -2.25. The number of hydrogen-bond donors (Lipinski definition) is 1. The molecular weight excluding hydrogens is 861 g/mol. The molecule has 0 amide bonds. The molecule has 0 saturated carbocycles. The molecule has 10 heteroatoms. The predicted molar refractivity (Wildman–Crippen MR) is 282 cm³/mol. The summed E-state index contributed by atoms with van der Waals surface area (Å²) in [6.45, 7) is 0. The van der Waals surface area contributed by atoms with E-state index in [0.717, 1.165) is 67.9 Å². The fourth-order valence-corrected chi connectivity index (χ4v) is 8.82. The summed E-state index contributed by atoms with van der Waals surface area (Å²) in [4.78, 5) is 32.3. The molecule has 1 N–H and O–H groups in total. The highest BCUT2D eigenvalue weighted by Gasteiger charge is 2.29. The maximum Gasteiger partial charge on any atom is 0.334 e. The second kappa shape index (κ2) is 18.5. The van der Waals surface area contributed by atoms with Crippen LogP contribution in [0.25, 0.3) is 28.6 Å². The SMILES string of the molecule is c1ccc(N(c2ccccc2)c2ccc(C3=Nc4nc(-c5ccc(N(c6ccccc6)c6ccccc6)cc5)nc5nc(-c6ccc(N(c7ccccc7)c7ccccc7)cc6)nc([n+]45)N3)cc2)cc1. The Morgan fingerprint density at radius 1 is 0.286 bits per heavy atom. The number of nitrogens with one attached hydrogen (secondary N) is 1. The summed E-state index contributed by atoms with van der Waals surface area (Å²) in [7, 11) is 0. The number of hydrogen-bond acceptors (Lipinski definition) is 9. The molecule has 10 nitrogen and oxygen atoms in total. The standard InChI is InChI=1S/C60H42N10/c1-7-19-46(20-8-1)67(47-21-9-2-10-22-47)52-37-31-43(32-38-52)55-61-58-63-56(44-33-39-53(40-34-44)68(48-23-11-3-12-24-48)49-25-13-4-14-26-49)65-60-66-57(64-59(62-55)70(58)60)45-35-41-54(42-36-45)69(50-27-15-5-16-28-50)51-29-17-6-18-30-51/h1-42H/p+1. The van der Waals surface area contributed by atoms with Crippen LogP contribution in [0, 0.1) is 0 Å². The van der Waals surface area contributed by atoms with Gasteiger partial charge >= 0.3 is 17.7 Å². The summed E-state index contributed by atoms with van der Waals surface area (Å²) >= 11 is 0. The van der Waals surface area contributed by atoms with Gasteiger partial charge in [0.15, 0.2) is 0 Å². The van der Waals surface area contributed by atoms with Crippen LogP contribution < -0.4 is 24.4 Å². The number of para-hydroxylation sites is 6. The number of nitrogens with zero attached hydrogens (tertiary/aromatic N) is 9. The van der Waals surface area contributed by atoms with Gasteiger partial charge in [-0.05, 0) is 146 Å². The van der Waals surface area contributed by atoms with E-state index in [-0.39, 0.29) is 0 Å². The van der Waals surface area contributed by atoms with Gasteiger partial charge in [-0.2, -0.15) is 4.40 Å². The van der Waals surface area contributed by atoms with Crippen molar-refractivity contribution < 1.29 is 4.40 Å². The Morgan fingerprint density at radius 3 is 0.900 bits per heavy atom. The summed E-state index contributed by atoms with van der Waals surface area (Å²) in [6, 6.07) is 87.2. The lowest BCUT2D eigenvalue weighted by molar-refractivity contribution is -0.494. The van der Waals surface area contributed by atoms with Gasteiger partial charge in [0.2, 0.25) is 17.5 Å². The van der Waals surface area contributed by atoms with Crippen LogP contribution in [0.15, 0.2) is 260 Å². The minimum absolute atomic E-state index is 0.408. The Labute approximate surface area is 405 Å². The van der Waals surface area contributed by atoms with E-state index in [1.54, 1.807) is 4.40 Å². The average molecular weight is 904 g/mol. The van der Waals surface area contributed by atoms with Gasteiger partial charge in [0.05, 0.1) is 0 Å². The highest BCUT2D eigenvalue weighted by atomic mass is 15.4. The summed E-state index contributed by atoms with van der Waals surface area (Å²) in [5.41, 5.74) is 11.8. The van der Waals surface area contributed by atoms with Crippen LogP contribution in [0.2, 0.25) is 0 Å². The summed E-state index contributed by atoms with van der Waals surface area (Å²) in [5.74, 6) is 2.91. The zero-order valence-electron chi connectivity index (χ0n) is 37.8. The molecule has 0 fully saturated rings. The summed E-state index contributed by atoms with van der Waals surface area (Å²) in [6.07, 6.45) is 0. The van der Waals surface area contributed by atoms with Crippen molar-refractivity contribution in [3.63, 3.8) is 0 Å². The van der Waals surface area contributed by atoms with Gasteiger partial charge in [-0.15, -0.1) is 24.9 Å². The van der Waals surface area contributed by atoms with E-state index in [1.807, 2.05) is 36.4 Å². The van der Waals surface area contributed by atoms with Gasteiger partial charge in [-0.1, -0.05) is 109 Å². The first-order valence-corrected chi connectivity index (χ1v) is 23.1. The molecule has 0 bridgehead atoms. The quantitative estimate of drug-likeness (QED) is 0.121. The first-order chi connectivity index (χ1) is 34.7. The molecule has 2 aromatic heterocycles. The van der Waals surface area contributed by atoms with Crippen LogP contribution in [0.5, 0.6) is 0 Å². The third-order valence-corrected chi connectivity index (χ3v) is 12.1. The molecule has 1 aliphatic heterocycles. The van der Waals surface area contributed by atoms with E-state index in [1.165, 1.54) is 0 Å². The molecule has 1 aliphatic rings. The van der Waals surface area contributed by atoms with Crippen molar-refractivity contribution in [3.05, 3.63) is 260 Å². The first kappa shape index (κ1) is 41.6. The number of aromatic nitrogens is 5. The van der Waals surface area contributed by atoms with Crippen molar-refractivity contribution in [1.82, 2.24) is 19.9 Å². The van der Waals surface area contributed by atoms with E-state index in [9.17, 15) is 0 Å². The van der Waals surface area contributed by atoms with Crippen molar-refractivity contribution in [1.29, 1.82) is 0 Å². The van der Waals surface area contributed by atoms with Crippen molar-refractivity contribution >= 4 is 74.7 Å². The van der Waals surface area contributed by atoms with Crippen molar-refractivity contribution in [2.24, 2.45) is 4.99 Å². The molecule has 11 aromatic rings. The molecule has 0 radical (unpaired) electrons. The largest absolute Gasteiger partial charge is 0.334 e. The second-order valence-electron chi connectivity index (χ2n) is 16.6. The molecule has 332 valence electrons. The molecule has 3 heterocycles. The Bertz CT molecular complexity index is 3460. The van der Waals surface area contributed by atoms with Gasteiger partial charge in [-0.25, -0.2) is 0 Å². The smallest absolute Gasteiger partial charge is 0.311 e. The Hall–Kier alpha value is -9.80. The third kappa shape index (κ3) is 8.22. The molecule has 0 spiro atoms. The van der Waals surface area contributed by atoms with Crippen LogP contribution in [0.3, 0.4) is 0 Å². The molecule has 70 heavy (non-hydrogen) atoms. The molecule has 0 atom stereocenters. The van der Waals surface area contributed by atoms with Crippen molar-refractivity contribution in [2.75, 3.05) is 20.0 Å². The molecule has 12 rings (SSSR count). The lowest BCUT2D eigenvalue weighted by Crippen LogP contribution is -2.38. The number of aliphatic imine (C=N–C) groups is 1. The fourth-order valence-electron chi connectivity index (χ4n) is 8.82. The number of benzene rings is 9. The fraction of sp³-hybridized carbons (Fsp3) is 0. The number of amidine groups is 1. The Kier molecular flexibility index (Phi) is 11.0. The third-order valence-electron chi connectivity index (χ3n) is 12.1. The van der Waals surface area contributed by atoms with Crippen LogP contribution in [-0.4, -0.2) is 25.8 Å². The highest BCUT2D eigenvalue weighted by molar-refractivity contribution is 6.09. The number of rotatable bonds is 12. The first-order valence-electron chi connectivity index (χ1n) is 23.1. The van der Waals surface area contributed by atoms with Crippen LogP contribution in [0.1, 0.15) is 5.56 Å². The minimum atomic E-state index is 0.408. The molecule has 9 aromatic carbocycles. The summed E-state index contributed by atoms with van der Waals surface area (Å²) in [5, 5.41) is 3.54. The average Bonchev–Trinajstić information content (AvgIpc) is 3.43. The molecular formula is C60H43N10+.